The van der Waals surface area contributed by atoms with Gasteiger partial charge in [-0.3, -0.25) is 4.79 Å². The predicted octanol–water partition coefficient (Wildman–Crippen LogP) is 2.72. The van der Waals surface area contributed by atoms with Crippen molar-refractivity contribution in [1.82, 2.24) is 10.0 Å². The van der Waals surface area contributed by atoms with Crippen LogP contribution in [0.2, 0.25) is 0 Å². The number of hydrogen-bond donors (Lipinski definition) is 2. The summed E-state index contributed by atoms with van der Waals surface area (Å²) >= 11 is 0. The van der Waals surface area contributed by atoms with Gasteiger partial charge >= 0.3 is 0 Å². The zero-order valence-electron chi connectivity index (χ0n) is 15.3. The lowest BCUT2D eigenvalue weighted by Crippen LogP contribution is -2.34. The van der Waals surface area contributed by atoms with Gasteiger partial charge in [-0.2, -0.15) is 0 Å². The van der Waals surface area contributed by atoms with E-state index in [1.54, 1.807) is 24.3 Å². The SMILES string of the molecule is Cc1ccc(CCCC(=O)NCCNS(=O)(=O)c2ccc(C)cc2)cc1. The van der Waals surface area contributed by atoms with Crippen molar-refractivity contribution < 1.29 is 13.2 Å². The van der Waals surface area contributed by atoms with E-state index >= 15 is 0 Å². The Morgan fingerprint density at radius 1 is 0.885 bits per heavy atom. The molecule has 140 valence electrons. The van der Waals surface area contributed by atoms with E-state index in [1.807, 2.05) is 13.8 Å². The Kier molecular flexibility index (Phi) is 7.36. The fraction of sp³-hybridized carbons (Fsp3) is 0.350. The molecule has 0 aromatic heterocycles. The first-order valence-corrected chi connectivity index (χ1v) is 10.2. The zero-order valence-corrected chi connectivity index (χ0v) is 16.1. The number of carbonyl (C=O) groups excluding carboxylic acids is 1. The third-order valence-corrected chi connectivity index (χ3v) is 5.54. The topological polar surface area (TPSA) is 75.3 Å². The molecular formula is C20H26N2O3S. The van der Waals surface area contributed by atoms with Crippen LogP contribution in [-0.2, 0) is 21.2 Å². The van der Waals surface area contributed by atoms with Crippen molar-refractivity contribution in [2.75, 3.05) is 13.1 Å². The van der Waals surface area contributed by atoms with Crippen molar-refractivity contribution in [3.8, 4) is 0 Å². The first-order chi connectivity index (χ1) is 12.4. The van der Waals surface area contributed by atoms with E-state index in [4.69, 9.17) is 0 Å². The molecule has 0 fully saturated rings. The second kappa shape index (κ2) is 9.50. The van der Waals surface area contributed by atoms with Gasteiger partial charge in [0.25, 0.3) is 0 Å². The molecule has 0 unspecified atom stereocenters. The first-order valence-electron chi connectivity index (χ1n) is 8.75. The summed E-state index contributed by atoms with van der Waals surface area (Å²) in [7, 11) is -3.53. The van der Waals surface area contributed by atoms with Gasteiger partial charge in [-0.25, -0.2) is 13.1 Å². The number of nitrogens with one attached hydrogen (secondary N) is 2. The number of rotatable bonds is 9. The Hall–Kier alpha value is -2.18. The van der Waals surface area contributed by atoms with E-state index in [9.17, 15) is 13.2 Å². The van der Waals surface area contributed by atoms with Crippen LogP contribution in [0, 0.1) is 13.8 Å². The van der Waals surface area contributed by atoms with E-state index < -0.39 is 10.0 Å². The van der Waals surface area contributed by atoms with Gasteiger partial charge < -0.3 is 5.32 Å². The van der Waals surface area contributed by atoms with E-state index in [-0.39, 0.29) is 23.9 Å². The summed E-state index contributed by atoms with van der Waals surface area (Å²) in [6, 6.07) is 14.9. The maximum absolute atomic E-state index is 12.1. The molecule has 26 heavy (non-hydrogen) atoms. The number of aryl methyl sites for hydroxylation is 3. The maximum atomic E-state index is 12.1. The fourth-order valence-electron chi connectivity index (χ4n) is 2.48. The average Bonchev–Trinajstić information content (AvgIpc) is 2.61. The number of sulfonamides is 1. The highest BCUT2D eigenvalue weighted by atomic mass is 32.2. The molecule has 2 aromatic rings. The third kappa shape index (κ3) is 6.61. The van der Waals surface area contributed by atoms with Crippen molar-refractivity contribution in [3.05, 3.63) is 65.2 Å². The number of hydrogen-bond acceptors (Lipinski definition) is 3. The Bertz CT molecular complexity index is 813. The van der Waals surface area contributed by atoms with E-state index in [0.29, 0.717) is 6.42 Å². The van der Waals surface area contributed by atoms with Crippen LogP contribution in [0.3, 0.4) is 0 Å². The molecule has 0 bridgehead atoms. The fourth-order valence-corrected chi connectivity index (χ4v) is 3.52. The standard InChI is InChI=1S/C20H26N2O3S/c1-16-6-10-18(11-7-16)4-3-5-20(23)21-14-15-22-26(24,25)19-12-8-17(2)9-13-19/h6-13,22H,3-5,14-15H2,1-2H3,(H,21,23). The molecule has 0 atom stereocenters. The van der Waals surface area contributed by atoms with Crippen LogP contribution in [0.4, 0.5) is 0 Å². The quantitative estimate of drug-likeness (QED) is 0.663. The molecule has 6 heteroatoms. The minimum absolute atomic E-state index is 0.0633. The van der Waals surface area contributed by atoms with Crippen LogP contribution in [0.15, 0.2) is 53.4 Å². The maximum Gasteiger partial charge on any atom is 0.240 e. The molecule has 0 spiro atoms. The molecule has 0 saturated heterocycles. The number of carbonyl (C=O) groups is 1. The summed E-state index contributed by atoms with van der Waals surface area (Å²) in [5.41, 5.74) is 3.44. The molecule has 0 aliphatic rings. The van der Waals surface area contributed by atoms with Gasteiger partial charge in [-0.15, -0.1) is 0 Å². The van der Waals surface area contributed by atoms with Crippen LogP contribution in [0.1, 0.15) is 29.5 Å². The summed E-state index contributed by atoms with van der Waals surface area (Å²) in [6.45, 7) is 4.39. The van der Waals surface area contributed by atoms with Crippen LogP contribution in [-0.4, -0.2) is 27.4 Å². The number of amides is 1. The van der Waals surface area contributed by atoms with Gasteiger partial charge in [0.05, 0.1) is 4.90 Å². The highest BCUT2D eigenvalue weighted by Gasteiger charge is 2.12. The molecule has 2 aromatic carbocycles. The molecule has 0 saturated carbocycles. The van der Waals surface area contributed by atoms with Crippen LogP contribution >= 0.6 is 0 Å². The van der Waals surface area contributed by atoms with E-state index in [1.165, 1.54) is 11.1 Å². The normalized spacial score (nSPS) is 11.3. The van der Waals surface area contributed by atoms with Crippen LogP contribution in [0.5, 0.6) is 0 Å². The minimum atomic E-state index is -3.53. The molecule has 5 nitrogen and oxygen atoms in total. The lowest BCUT2D eigenvalue weighted by atomic mass is 10.1. The summed E-state index contributed by atoms with van der Waals surface area (Å²) < 4.78 is 26.7. The van der Waals surface area contributed by atoms with Gasteiger partial charge in [0.1, 0.15) is 0 Å². The van der Waals surface area contributed by atoms with Crippen LogP contribution < -0.4 is 10.0 Å². The van der Waals surface area contributed by atoms with Crippen molar-refractivity contribution >= 4 is 15.9 Å². The van der Waals surface area contributed by atoms with Gasteiger partial charge in [0, 0.05) is 19.5 Å². The second-order valence-electron chi connectivity index (χ2n) is 6.40. The molecule has 2 rings (SSSR count). The Balaban J connectivity index is 1.65. The van der Waals surface area contributed by atoms with Crippen LogP contribution in [0.25, 0.3) is 0 Å². The zero-order chi connectivity index (χ0) is 19.0. The third-order valence-electron chi connectivity index (χ3n) is 4.06. The van der Waals surface area contributed by atoms with Gasteiger partial charge in [-0.05, 0) is 44.4 Å². The Labute approximate surface area is 155 Å². The van der Waals surface area contributed by atoms with Crippen molar-refractivity contribution in [3.63, 3.8) is 0 Å². The Morgan fingerprint density at radius 3 is 2.08 bits per heavy atom. The molecule has 1 amide bonds. The summed E-state index contributed by atoms with van der Waals surface area (Å²) in [6.07, 6.45) is 2.05. The predicted molar refractivity (Wildman–Crippen MR) is 103 cm³/mol. The summed E-state index contributed by atoms with van der Waals surface area (Å²) in [5, 5.41) is 2.75. The lowest BCUT2D eigenvalue weighted by Gasteiger charge is -2.08. The summed E-state index contributed by atoms with van der Waals surface area (Å²) in [4.78, 5) is 12.1. The highest BCUT2D eigenvalue weighted by Crippen LogP contribution is 2.09. The van der Waals surface area contributed by atoms with Crippen molar-refractivity contribution in [1.29, 1.82) is 0 Å². The van der Waals surface area contributed by atoms with Gasteiger partial charge in [0.2, 0.25) is 15.9 Å². The molecule has 0 aliphatic carbocycles. The first kappa shape index (κ1) is 20.1. The van der Waals surface area contributed by atoms with Crippen molar-refractivity contribution in [2.24, 2.45) is 0 Å². The Morgan fingerprint density at radius 2 is 1.46 bits per heavy atom. The smallest absolute Gasteiger partial charge is 0.240 e. The molecule has 2 N–H and O–H groups in total. The lowest BCUT2D eigenvalue weighted by molar-refractivity contribution is -0.121. The summed E-state index contributed by atoms with van der Waals surface area (Å²) in [5.74, 6) is -0.0633. The second-order valence-corrected chi connectivity index (χ2v) is 8.17. The number of benzene rings is 2. The molecular weight excluding hydrogens is 348 g/mol. The van der Waals surface area contributed by atoms with Gasteiger partial charge in [0.15, 0.2) is 0 Å². The molecule has 0 aliphatic heterocycles. The monoisotopic (exact) mass is 374 g/mol. The van der Waals surface area contributed by atoms with Gasteiger partial charge in [-0.1, -0.05) is 47.5 Å². The van der Waals surface area contributed by atoms with Crippen molar-refractivity contribution in [2.45, 2.75) is 38.0 Å². The molecule has 0 radical (unpaired) electrons. The highest BCUT2D eigenvalue weighted by molar-refractivity contribution is 7.89. The van der Waals surface area contributed by atoms with E-state index in [0.717, 1.165) is 18.4 Å². The minimum Gasteiger partial charge on any atom is -0.355 e. The van der Waals surface area contributed by atoms with E-state index in [2.05, 4.69) is 34.3 Å². The average molecular weight is 375 g/mol. The molecule has 0 heterocycles. The largest absolute Gasteiger partial charge is 0.355 e.